The van der Waals surface area contributed by atoms with Gasteiger partial charge in [0, 0.05) is 16.0 Å². The highest BCUT2D eigenvalue weighted by Gasteiger charge is 2.14. The largest absolute Gasteiger partial charge is 0.507 e. The third kappa shape index (κ3) is 5.15. The molecule has 1 heterocycles. The first-order valence-electron chi connectivity index (χ1n) is 8.36. The van der Waals surface area contributed by atoms with Gasteiger partial charge in [0.1, 0.15) is 11.4 Å². The van der Waals surface area contributed by atoms with Crippen LogP contribution >= 0.6 is 11.3 Å². The second-order valence-electron chi connectivity index (χ2n) is 5.65. The Kier molecular flexibility index (Phi) is 6.33. The number of amides is 2. The van der Waals surface area contributed by atoms with Gasteiger partial charge in [0.15, 0.2) is 0 Å². The molecule has 0 bridgehead atoms. The Balaban J connectivity index is 1.76. The maximum absolute atomic E-state index is 12.5. The Bertz CT molecular complexity index is 1010. The summed E-state index contributed by atoms with van der Waals surface area (Å²) >= 11 is 1.44. The first-order valence-corrected chi connectivity index (χ1v) is 9.24. The van der Waals surface area contributed by atoms with Crippen LogP contribution in [0.4, 0.5) is 0 Å². The molecule has 0 atom stereocenters. The Morgan fingerprint density at radius 3 is 2.43 bits per heavy atom. The molecule has 28 heavy (non-hydrogen) atoms. The Hall–Kier alpha value is -3.71. The summed E-state index contributed by atoms with van der Waals surface area (Å²) in [6, 6.07) is 18.9. The molecule has 0 spiro atoms. The SMILES string of the molecule is O=C(N/N=C/c1ccccc1O)/C(=C\c1cccs1)NC(=O)c1ccccc1. The molecule has 3 rings (SSSR count). The summed E-state index contributed by atoms with van der Waals surface area (Å²) < 4.78 is 0. The summed E-state index contributed by atoms with van der Waals surface area (Å²) in [7, 11) is 0. The fourth-order valence-electron chi connectivity index (χ4n) is 2.28. The van der Waals surface area contributed by atoms with Gasteiger partial charge in [0.2, 0.25) is 0 Å². The standard InChI is InChI=1S/C21H17N3O3S/c25-19-11-5-4-9-16(19)14-22-24-21(27)18(13-17-10-6-12-28-17)23-20(26)15-7-2-1-3-8-15/h1-14,25H,(H,23,26)(H,24,27)/b18-13+,22-14+. The molecule has 0 unspecified atom stereocenters. The van der Waals surface area contributed by atoms with Crippen molar-refractivity contribution in [3.8, 4) is 5.75 Å². The van der Waals surface area contributed by atoms with Crippen LogP contribution in [0.1, 0.15) is 20.8 Å². The smallest absolute Gasteiger partial charge is 0.287 e. The zero-order valence-corrected chi connectivity index (χ0v) is 15.5. The van der Waals surface area contributed by atoms with E-state index in [2.05, 4.69) is 15.8 Å². The Morgan fingerprint density at radius 2 is 1.71 bits per heavy atom. The molecule has 6 nitrogen and oxygen atoms in total. The van der Waals surface area contributed by atoms with Crippen LogP contribution in [0, 0.1) is 0 Å². The second-order valence-corrected chi connectivity index (χ2v) is 6.63. The van der Waals surface area contributed by atoms with Crippen molar-refractivity contribution >= 4 is 35.4 Å². The van der Waals surface area contributed by atoms with E-state index in [1.807, 2.05) is 17.5 Å². The number of carbonyl (C=O) groups is 2. The Morgan fingerprint density at radius 1 is 0.964 bits per heavy atom. The lowest BCUT2D eigenvalue weighted by molar-refractivity contribution is -0.117. The van der Waals surface area contributed by atoms with Crippen molar-refractivity contribution in [1.29, 1.82) is 0 Å². The number of rotatable bonds is 6. The summed E-state index contributed by atoms with van der Waals surface area (Å²) in [5.74, 6) is -0.931. The highest BCUT2D eigenvalue weighted by molar-refractivity contribution is 7.10. The fourth-order valence-corrected chi connectivity index (χ4v) is 2.93. The number of hydrogen-bond donors (Lipinski definition) is 3. The first kappa shape index (κ1) is 19.1. The van der Waals surface area contributed by atoms with E-state index in [9.17, 15) is 14.7 Å². The molecule has 0 aliphatic heterocycles. The van der Waals surface area contributed by atoms with Crippen LogP contribution in [0.5, 0.6) is 5.75 Å². The van der Waals surface area contributed by atoms with Gasteiger partial charge in [-0.2, -0.15) is 5.10 Å². The van der Waals surface area contributed by atoms with E-state index in [4.69, 9.17) is 0 Å². The summed E-state index contributed by atoms with van der Waals surface area (Å²) in [4.78, 5) is 25.8. The fraction of sp³-hybridized carbons (Fsp3) is 0. The number of hydrogen-bond acceptors (Lipinski definition) is 5. The van der Waals surface area contributed by atoms with E-state index >= 15 is 0 Å². The van der Waals surface area contributed by atoms with Gasteiger partial charge in [-0.05, 0) is 41.8 Å². The molecule has 0 fully saturated rings. The topological polar surface area (TPSA) is 90.8 Å². The number of nitrogens with one attached hydrogen (secondary N) is 2. The molecule has 2 amide bonds. The zero-order chi connectivity index (χ0) is 19.8. The second kappa shape index (κ2) is 9.29. The molecule has 0 saturated carbocycles. The van der Waals surface area contributed by atoms with Crippen LogP contribution in [-0.2, 0) is 4.79 Å². The number of carbonyl (C=O) groups excluding carboxylic acids is 2. The van der Waals surface area contributed by atoms with Crippen LogP contribution in [0.2, 0.25) is 0 Å². The van der Waals surface area contributed by atoms with Crippen molar-refractivity contribution in [2.45, 2.75) is 0 Å². The van der Waals surface area contributed by atoms with E-state index in [-0.39, 0.29) is 11.4 Å². The van der Waals surface area contributed by atoms with Crippen molar-refractivity contribution in [1.82, 2.24) is 10.7 Å². The maximum Gasteiger partial charge on any atom is 0.287 e. The normalized spacial score (nSPS) is 11.4. The molecule has 0 saturated heterocycles. The van der Waals surface area contributed by atoms with E-state index in [0.29, 0.717) is 11.1 Å². The lowest BCUT2D eigenvalue weighted by atomic mass is 10.2. The molecule has 0 aliphatic carbocycles. The van der Waals surface area contributed by atoms with Crippen molar-refractivity contribution in [3.63, 3.8) is 0 Å². The lowest BCUT2D eigenvalue weighted by Crippen LogP contribution is -2.32. The third-order valence-electron chi connectivity index (χ3n) is 3.67. The van der Waals surface area contributed by atoms with Gasteiger partial charge in [0.25, 0.3) is 11.8 Å². The molecule has 7 heteroatoms. The summed E-state index contributed by atoms with van der Waals surface area (Å²) in [5.41, 5.74) is 3.32. The van der Waals surface area contributed by atoms with E-state index < -0.39 is 11.8 Å². The number of aromatic hydroxyl groups is 1. The number of phenols is 1. The lowest BCUT2D eigenvalue weighted by Gasteiger charge is -2.08. The number of para-hydroxylation sites is 1. The molecule has 0 radical (unpaired) electrons. The number of thiophene rings is 1. The van der Waals surface area contributed by atoms with Gasteiger partial charge in [-0.3, -0.25) is 9.59 Å². The van der Waals surface area contributed by atoms with Crippen LogP contribution in [0.3, 0.4) is 0 Å². The average Bonchev–Trinajstić information content (AvgIpc) is 3.22. The summed E-state index contributed by atoms with van der Waals surface area (Å²) in [6.07, 6.45) is 2.91. The molecule has 0 aliphatic rings. The molecule has 2 aromatic carbocycles. The Labute approximate surface area is 165 Å². The van der Waals surface area contributed by atoms with E-state index in [0.717, 1.165) is 4.88 Å². The summed E-state index contributed by atoms with van der Waals surface area (Å²) in [6.45, 7) is 0. The molecule has 3 aromatic rings. The maximum atomic E-state index is 12.5. The number of benzene rings is 2. The van der Waals surface area contributed by atoms with E-state index in [1.54, 1.807) is 54.6 Å². The molecular formula is C21H17N3O3S. The molecule has 1 aromatic heterocycles. The van der Waals surface area contributed by atoms with E-state index in [1.165, 1.54) is 23.6 Å². The highest BCUT2D eigenvalue weighted by atomic mass is 32.1. The monoisotopic (exact) mass is 391 g/mol. The number of nitrogens with zero attached hydrogens (tertiary/aromatic N) is 1. The quantitative estimate of drug-likeness (QED) is 0.342. The van der Waals surface area contributed by atoms with Crippen LogP contribution < -0.4 is 10.7 Å². The van der Waals surface area contributed by atoms with Gasteiger partial charge < -0.3 is 10.4 Å². The van der Waals surface area contributed by atoms with Crippen LogP contribution in [0.15, 0.2) is 82.9 Å². The van der Waals surface area contributed by atoms with Crippen molar-refractivity contribution in [3.05, 3.63) is 93.8 Å². The van der Waals surface area contributed by atoms with Gasteiger partial charge in [0.05, 0.1) is 6.21 Å². The summed E-state index contributed by atoms with van der Waals surface area (Å²) in [5, 5.41) is 18.1. The predicted octanol–water partition coefficient (Wildman–Crippen LogP) is 3.37. The highest BCUT2D eigenvalue weighted by Crippen LogP contribution is 2.14. The average molecular weight is 391 g/mol. The van der Waals surface area contributed by atoms with Gasteiger partial charge >= 0.3 is 0 Å². The van der Waals surface area contributed by atoms with Gasteiger partial charge in [-0.25, -0.2) is 5.43 Å². The first-order chi connectivity index (χ1) is 13.6. The minimum atomic E-state index is -0.579. The minimum Gasteiger partial charge on any atom is -0.507 e. The van der Waals surface area contributed by atoms with Gasteiger partial charge in [-0.1, -0.05) is 36.4 Å². The van der Waals surface area contributed by atoms with Crippen molar-refractivity contribution < 1.29 is 14.7 Å². The number of hydrazone groups is 1. The zero-order valence-electron chi connectivity index (χ0n) is 14.7. The van der Waals surface area contributed by atoms with Crippen molar-refractivity contribution in [2.75, 3.05) is 0 Å². The van der Waals surface area contributed by atoms with Crippen LogP contribution in [0.25, 0.3) is 6.08 Å². The molecular weight excluding hydrogens is 374 g/mol. The minimum absolute atomic E-state index is 0.0484. The van der Waals surface area contributed by atoms with Crippen LogP contribution in [-0.4, -0.2) is 23.1 Å². The van der Waals surface area contributed by atoms with Crippen molar-refractivity contribution in [2.24, 2.45) is 5.10 Å². The predicted molar refractivity (Wildman–Crippen MR) is 110 cm³/mol. The molecule has 3 N–H and O–H groups in total. The third-order valence-corrected chi connectivity index (χ3v) is 4.48. The van der Waals surface area contributed by atoms with Gasteiger partial charge in [-0.15, -0.1) is 11.3 Å². The number of phenolic OH excluding ortho intramolecular Hbond substituents is 1. The molecule has 140 valence electrons.